The first-order valence-electron chi connectivity index (χ1n) is 3.10. The molecular weight excluding hydrogens is 152 g/mol. The van der Waals surface area contributed by atoms with Gasteiger partial charge in [-0.1, -0.05) is 0 Å². The van der Waals surface area contributed by atoms with Crippen LogP contribution in [0.5, 0.6) is 0 Å². The number of amides is 1. The summed E-state index contributed by atoms with van der Waals surface area (Å²) in [6.45, 7) is 0.228. The summed E-state index contributed by atoms with van der Waals surface area (Å²) < 4.78 is 0. The van der Waals surface area contributed by atoms with Gasteiger partial charge in [-0.3, -0.25) is 4.79 Å². The van der Waals surface area contributed by atoms with Crippen LogP contribution in [0.3, 0.4) is 0 Å². The number of aliphatic carboxylic acids is 1. The van der Waals surface area contributed by atoms with E-state index in [9.17, 15) is 9.59 Å². The average molecular weight is 160 g/mol. The van der Waals surface area contributed by atoms with Crippen molar-refractivity contribution < 1.29 is 19.8 Å². The quantitative estimate of drug-likeness (QED) is 0.473. The van der Waals surface area contributed by atoms with Crippen molar-refractivity contribution in [1.82, 2.24) is 10.4 Å². The lowest BCUT2D eigenvalue weighted by Crippen LogP contribution is -2.42. The fourth-order valence-corrected chi connectivity index (χ4v) is 0.905. The number of hydrazine groups is 1. The lowest BCUT2D eigenvalue weighted by molar-refractivity contribution is -0.139. The van der Waals surface area contributed by atoms with Crippen molar-refractivity contribution in [2.75, 3.05) is 6.54 Å². The van der Waals surface area contributed by atoms with Crippen LogP contribution in [0.15, 0.2) is 0 Å². The third-order valence-corrected chi connectivity index (χ3v) is 1.48. The maximum absolute atomic E-state index is 10.3. The molecule has 1 saturated heterocycles. The highest BCUT2D eigenvalue weighted by molar-refractivity contribution is 5.75. The normalized spacial score (nSPS) is 23.6. The van der Waals surface area contributed by atoms with E-state index < -0.39 is 18.1 Å². The molecule has 1 unspecified atom stereocenters. The molecule has 1 aliphatic heterocycles. The van der Waals surface area contributed by atoms with Crippen LogP contribution in [0.1, 0.15) is 6.42 Å². The van der Waals surface area contributed by atoms with Crippen molar-refractivity contribution in [3.8, 4) is 0 Å². The van der Waals surface area contributed by atoms with Gasteiger partial charge in [0.05, 0.1) is 0 Å². The van der Waals surface area contributed by atoms with Gasteiger partial charge < -0.3 is 10.2 Å². The van der Waals surface area contributed by atoms with Gasteiger partial charge in [0.25, 0.3) is 0 Å². The fourth-order valence-electron chi connectivity index (χ4n) is 0.905. The van der Waals surface area contributed by atoms with E-state index in [4.69, 9.17) is 10.2 Å². The predicted molar refractivity (Wildman–Crippen MR) is 33.9 cm³/mol. The van der Waals surface area contributed by atoms with E-state index in [-0.39, 0.29) is 6.54 Å². The van der Waals surface area contributed by atoms with Crippen LogP contribution in [-0.4, -0.2) is 39.9 Å². The van der Waals surface area contributed by atoms with Crippen molar-refractivity contribution in [3.63, 3.8) is 0 Å². The summed E-state index contributed by atoms with van der Waals surface area (Å²) in [6, 6.07) is -0.758. The molecule has 0 aliphatic carbocycles. The summed E-state index contributed by atoms with van der Waals surface area (Å²) in [5, 5.41) is 17.7. The van der Waals surface area contributed by atoms with Crippen molar-refractivity contribution in [2.45, 2.75) is 12.5 Å². The van der Waals surface area contributed by atoms with Gasteiger partial charge in [0.1, 0.15) is 6.04 Å². The monoisotopic (exact) mass is 160 g/mol. The molecule has 1 rings (SSSR count). The van der Waals surface area contributed by atoms with Crippen molar-refractivity contribution >= 4 is 12.1 Å². The first-order valence-corrected chi connectivity index (χ1v) is 3.10. The number of carbonyl (C=O) groups is 2. The SMILES string of the molecule is O=C(O)C1CCN(C(=O)O)N1. The first kappa shape index (κ1) is 7.80. The standard InChI is InChI=1S/C5H8N2O4/c8-4(9)3-1-2-7(6-3)5(10)11/h3,6H,1-2H2,(H,8,9)(H,10,11). The van der Waals surface area contributed by atoms with Crippen LogP contribution < -0.4 is 5.43 Å². The van der Waals surface area contributed by atoms with Crippen LogP contribution >= 0.6 is 0 Å². The zero-order chi connectivity index (χ0) is 8.43. The van der Waals surface area contributed by atoms with E-state index >= 15 is 0 Å². The molecule has 0 bridgehead atoms. The minimum atomic E-state index is -1.14. The average Bonchev–Trinajstić information content (AvgIpc) is 2.33. The zero-order valence-corrected chi connectivity index (χ0v) is 5.65. The molecule has 1 fully saturated rings. The molecule has 0 spiro atoms. The largest absolute Gasteiger partial charge is 0.480 e. The number of nitrogens with zero attached hydrogens (tertiary/aromatic N) is 1. The summed E-state index contributed by atoms with van der Waals surface area (Å²) in [7, 11) is 0. The van der Waals surface area contributed by atoms with Crippen LogP contribution in [0.25, 0.3) is 0 Å². The molecule has 62 valence electrons. The third kappa shape index (κ3) is 1.58. The van der Waals surface area contributed by atoms with Gasteiger partial charge >= 0.3 is 12.1 Å². The molecule has 0 saturated carbocycles. The lowest BCUT2D eigenvalue weighted by atomic mass is 10.2. The van der Waals surface area contributed by atoms with Gasteiger partial charge in [0.2, 0.25) is 0 Å². The Hall–Kier alpha value is -1.30. The zero-order valence-electron chi connectivity index (χ0n) is 5.65. The molecule has 3 N–H and O–H groups in total. The van der Waals surface area contributed by atoms with E-state index in [0.29, 0.717) is 6.42 Å². The van der Waals surface area contributed by atoms with Gasteiger partial charge in [-0.05, 0) is 6.42 Å². The molecular formula is C5H8N2O4. The smallest absolute Gasteiger partial charge is 0.421 e. The molecule has 0 aromatic rings. The Bertz CT molecular complexity index is 173. The van der Waals surface area contributed by atoms with E-state index in [1.807, 2.05) is 0 Å². The van der Waals surface area contributed by atoms with Gasteiger partial charge in [0.15, 0.2) is 0 Å². The minimum absolute atomic E-state index is 0.228. The molecule has 11 heavy (non-hydrogen) atoms. The number of rotatable bonds is 1. The van der Waals surface area contributed by atoms with Gasteiger partial charge in [0, 0.05) is 6.54 Å². The highest BCUT2D eigenvalue weighted by Crippen LogP contribution is 2.04. The summed E-state index contributed by atoms with van der Waals surface area (Å²) in [5.41, 5.74) is 2.32. The molecule has 1 heterocycles. The Balaban J connectivity index is 2.47. The Morgan fingerprint density at radius 1 is 1.45 bits per heavy atom. The second-order valence-electron chi connectivity index (χ2n) is 2.24. The van der Waals surface area contributed by atoms with Crippen LogP contribution in [0, 0.1) is 0 Å². The summed E-state index contributed by atoms with van der Waals surface area (Å²) in [4.78, 5) is 20.5. The molecule has 1 amide bonds. The predicted octanol–water partition coefficient (Wildman–Crippen LogP) is -0.672. The molecule has 0 aromatic carbocycles. The van der Waals surface area contributed by atoms with Gasteiger partial charge in [-0.25, -0.2) is 15.2 Å². The van der Waals surface area contributed by atoms with Crippen molar-refractivity contribution in [3.05, 3.63) is 0 Å². The number of carboxylic acid groups (broad SMARTS) is 2. The number of carboxylic acids is 1. The van der Waals surface area contributed by atoms with E-state index in [1.54, 1.807) is 0 Å². The Morgan fingerprint density at radius 2 is 2.09 bits per heavy atom. The van der Waals surface area contributed by atoms with E-state index in [2.05, 4.69) is 5.43 Å². The number of hydrogen-bond donors (Lipinski definition) is 3. The summed E-state index contributed by atoms with van der Waals surface area (Å²) >= 11 is 0. The van der Waals surface area contributed by atoms with E-state index in [0.717, 1.165) is 5.01 Å². The summed E-state index contributed by atoms with van der Waals surface area (Å²) in [6.07, 6.45) is -0.824. The van der Waals surface area contributed by atoms with Crippen molar-refractivity contribution in [2.24, 2.45) is 0 Å². The molecule has 1 atom stereocenters. The Morgan fingerprint density at radius 3 is 2.36 bits per heavy atom. The van der Waals surface area contributed by atoms with E-state index in [1.165, 1.54) is 0 Å². The molecule has 0 aromatic heterocycles. The number of hydrogen-bond acceptors (Lipinski definition) is 3. The van der Waals surface area contributed by atoms with Gasteiger partial charge in [-0.15, -0.1) is 0 Å². The topological polar surface area (TPSA) is 89.9 Å². The Kier molecular flexibility index (Phi) is 1.95. The van der Waals surface area contributed by atoms with Crippen molar-refractivity contribution in [1.29, 1.82) is 0 Å². The number of nitrogens with one attached hydrogen (secondary N) is 1. The second kappa shape index (κ2) is 2.75. The van der Waals surface area contributed by atoms with Crippen LogP contribution in [0.4, 0.5) is 4.79 Å². The molecule has 0 radical (unpaired) electrons. The van der Waals surface area contributed by atoms with Crippen LogP contribution in [-0.2, 0) is 4.79 Å². The fraction of sp³-hybridized carbons (Fsp3) is 0.600. The molecule has 6 nitrogen and oxygen atoms in total. The maximum Gasteiger partial charge on any atom is 0.421 e. The maximum atomic E-state index is 10.3. The lowest BCUT2D eigenvalue weighted by Gasteiger charge is -2.11. The second-order valence-corrected chi connectivity index (χ2v) is 2.24. The third-order valence-electron chi connectivity index (χ3n) is 1.48. The van der Waals surface area contributed by atoms with Gasteiger partial charge in [-0.2, -0.15) is 0 Å². The first-order chi connectivity index (χ1) is 5.11. The summed E-state index contributed by atoms with van der Waals surface area (Å²) in [5.74, 6) is -1.02. The minimum Gasteiger partial charge on any atom is -0.480 e. The highest BCUT2D eigenvalue weighted by Gasteiger charge is 2.29. The molecule has 6 heteroatoms. The highest BCUT2D eigenvalue weighted by atomic mass is 16.4. The molecule has 1 aliphatic rings. The van der Waals surface area contributed by atoms with Crippen LogP contribution in [0.2, 0.25) is 0 Å². The Labute approximate surface area is 62.4 Å².